The van der Waals surface area contributed by atoms with E-state index in [0.29, 0.717) is 24.5 Å². The molecule has 1 atom stereocenters. The molecular weight excluding hydrogens is 440 g/mol. The standard InChI is InChI=1S/C27H30N6O2/c1-6-35-24-9-7-20(8-10-24)19(5)30-27(34)25-16(2)11-21(15-28-25)26-29-17(3)12-22(31-26)14-23-13-18(4)32-33-23/h7-13,15,19H,6,14H2,1-5H3,(H,30,34)(H,32,33)/t19-/m0/s1. The van der Waals surface area contributed by atoms with Crippen LogP contribution < -0.4 is 10.1 Å². The van der Waals surface area contributed by atoms with E-state index in [1.807, 2.05) is 77.1 Å². The molecule has 3 aromatic heterocycles. The molecule has 4 aromatic rings. The van der Waals surface area contributed by atoms with Crippen LogP contribution in [-0.2, 0) is 6.42 Å². The lowest BCUT2D eigenvalue weighted by Crippen LogP contribution is -2.28. The minimum Gasteiger partial charge on any atom is -0.494 e. The van der Waals surface area contributed by atoms with Gasteiger partial charge in [-0.05, 0) is 76.1 Å². The number of carbonyl (C=O) groups is 1. The second kappa shape index (κ2) is 10.5. The minimum atomic E-state index is -0.227. The SMILES string of the molecule is CCOc1ccc([C@H](C)NC(=O)c2ncc(-c3nc(C)cc(Cc4cc(C)[nH]n4)n3)cc2C)cc1. The number of pyridine rings is 1. The molecule has 0 bridgehead atoms. The van der Waals surface area contributed by atoms with Crippen LogP contribution in [0.3, 0.4) is 0 Å². The van der Waals surface area contributed by atoms with E-state index in [0.717, 1.165) is 45.2 Å². The summed E-state index contributed by atoms with van der Waals surface area (Å²) in [6, 6.07) is 13.4. The Morgan fingerprint density at radius 3 is 2.49 bits per heavy atom. The molecule has 0 saturated heterocycles. The monoisotopic (exact) mass is 470 g/mol. The van der Waals surface area contributed by atoms with Crippen LogP contribution in [0.4, 0.5) is 0 Å². The number of benzene rings is 1. The number of amides is 1. The Bertz CT molecular complexity index is 1330. The van der Waals surface area contributed by atoms with E-state index in [4.69, 9.17) is 9.72 Å². The molecule has 0 aliphatic heterocycles. The van der Waals surface area contributed by atoms with Crippen LogP contribution in [-0.4, -0.2) is 37.7 Å². The Labute approximate surface area is 205 Å². The topological polar surface area (TPSA) is 106 Å². The molecule has 0 unspecified atom stereocenters. The van der Waals surface area contributed by atoms with Crippen LogP contribution >= 0.6 is 0 Å². The maximum Gasteiger partial charge on any atom is 0.270 e. The number of nitrogens with zero attached hydrogens (tertiary/aromatic N) is 4. The predicted octanol–water partition coefficient (Wildman–Crippen LogP) is 4.67. The van der Waals surface area contributed by atoms with Crippen molar-refractivity contribution in [2.75, 3.05) is 6.61 Å². The van der Waals surface area contributed by atoms with E-state index in [2.05, 4.69) is 25.5 Å². The number of nitrogens with one attached hydrogen (secondary N) is 2. The number of hydrogen-bond donors (Lipinski definition) is 2. The van der Waals surface area contributed by atoms with Gasteiger partial charge >= 0.3 is 0 Å². The normalized spacial score (nSPS) is 11.8. The smallest absolute Gasteiger partial charge is 0.270 e. The molecule has 8 nitrogen and oxygen atoms in total. The largest absolute Gasteiger partial charge is 0.494 e. The zero-order valence-electron chi connectivity index (χ0n) is 20.7. The van der Waals surface area contributed by atoms with E-state index in [-0.39, 0.29) is 11.9 Å². The summed E-state index contributed by atoms with van der Waals surface area (Å²) in [7, 11) is 0. The third-order valence-corrected chi connectivity index (χ3v) is 5.62. The molecule has 0 aliphatic rings. The molecule has 0 radical (unpaired) electrons. The Balaban J connectivity index is 1.49. The van der Waals surface area contributed by atoms with Crippen molar-refractivity contribution in [2.45, 2.75) is 47.1 Å². The highest BCUT2D eigenvalue weighted by Gasteiger charge is 2.17. The third kappa shape index (κ3) is 5.90. The van der Waals surface area contributed by atoms with Gasteiger partial charge in [-0.25, -0.2) is 9.97 Å². The summed E-state index contributed by atoms with van der Waals surface area (Å²) in [6.45, 7) is 10.3. The van der Waals surface area contributed by atoms with Gasteiger partial charge < -0.3 is 10.1 Å². The molecule has 35 heavy (non-hydrogen) atoms. The van der Waals surface area contributed by atoms with Crippen molar-refractivity contribution in [1.29, 1.82) is 0 Å². The van der Waals surface area contributed by atoms with E-state index in [9.17, 15) is 4.79 Å². The fourth-order valence-corrected chi connectivity index (χ4v) is 3.91. The quantitative estimate of drug-likeness (QED) is 0.388. The van der Waals surface area contributed by atoms with Gasteiger partial charge in [0.15, 0.2) is 5.82 Å². The number of H-pyrrole nitrogens is 1. The van der Waals surface area contributed by atoms with Crippen LogP contribution in [0.5, 0.6) is 5.75 Å². The highest BCUT2D eigenvalue weighted by Crippen LogP contribution is 2.21. The second-order valence-corrected chi connectivity index (χ2v) is 8.63. The van der Waals surface area contributed by atoms with E-state index >= 15 is 0 Å². The van der Waals surface area contributed by atoms with Crippen molar-refractivity contribution >= 4 is 5.91 Å². The van der Waals surface area contributed by atoms with Crippen molar-refractivity contribution in [3.8, 4) is 17.1 Å². The maximum absolute atomic E-state index is 12.9. The number of hydrogen-bond acceptors (Lipinski definition) is 6. The van der Waals surface area contributed by atoms with Crippen LogP contribution in [0.2, 0.25) is 0 Å². The summed E-state index contributed by atoms with van der Waals surface area (Å²) in [5.41, 5.74) is 6.57. The highest BCUT2D eigenvalue weighted by atomic mass is 16.5. The molecule has 0 spiro atoms. The van der Waals surface area contributed by atoms with Gasteiger partial charge in [0, 0.05) is 29.6 Å². The molecule has 4 rings (SSSR count). The van der Waals surface area contributed by atoms with E-state index in [1.165, 1.54) is 0 Å². The fraction of sp³-hybridized carbons (Fsp3) is 0.296. The molecular formula is C27H30N6O2. The van der Waals surface area contributed by atoms with Gasteiger partial charge in [-0.2, -0.15) is 5.10 Å². The number of aromatic nitrogens is 5. The van der Waals surface area contributed by atoms with Crippen LogP contribution in [0.15, 0.2) is 48.7 Å². The molecule has 1 aromatic carbocycles. The first kappa shape index (κ1) is 24.1. The molecule has 2 N–H and O–H groups in total. The maximum atomic E-state index is 12.9. The van der Waals surface area contributed by atoms with Crippen molar-refractivity contribution < 1.29 is 9.53 Å². The number of aromatic amines is 1. The van der Waals surface area contributed by atoms with Crippen molar-refractivity contribution in [3.05, 3.63) is 88.3 Å². The Morgan fingerprint density at radius 1 is 1.06 bits per heavy atom. The molecule has 0 aliphatic carbocycles. The van der Waals surface area contributed by atoms with Crippen molar-refractivity contribution in [1.82, 2.24) is 30.5 Å². The summed E-state index contributed by atoms with van der Waals surface area (Å²) in [5.74, 6) is 1.16. The van der Waals surface area contributed by atoms with E-state index < -0.39 is 0 Å². The van der Waals surface area contributed by atoms with Gasteiger partial charge in [-0.1, -0.05) is 12.1 Å². The van der Waals surface area contributed by atoms with Gasteiger partial charge in [0.1, 0.15) is 11.4 Å². The van der Waals surface area contributed by atoms with E-state index in [1.54, 1.807) is 6.20 Å². The average molecular weight is 471 g/mol. The molecule has 0 saturated carbocycles. The third-order valence-electron chi connectivity index (χ3n) is 5.62. The van der Waals surface area contributed by atoms with Crippen LogP contribution in [0.25, 0.3) is 11.4 Å². The molecule has 0 fully saturated rings. The fourth-order valence-electron chi connectivity index (χ4n) is 3.91. The number of ether oxygens (including phenoxy) is 1. The van der Waals surface area contributed by atoms with Gasteiger partial charge in [0.2, 0.25) is 0 Å². The van der Waals surface area contributed by atoms with Gasteiger partial charge in [-0.15, -0.1) is 0 Å². The molecule has 3 heterocycles. The first-order chi connectivity index (χ1) is 16.8. The van der Waals surface area contributed by atoms with Gasteiger partial charge in [0.25, 0.3) is 5.91 Å². The van der Waals surface area contributed by atoms with Crippen molar-refractivity contribution in [2.24, 2.45) is 0 Å². The van der Waals surface area contributed by atoms with Crippen LogP contribution in [0, 0.1) is 20.8 Å². The zero-order chi connectivity index (χ0) is 24.9. The van der Waals surface area contributed by atoms with Gasteiger partial charge in [0.05, 0.1) is 24.0 Å². The Kier molecular flexibility index (Phi) is 7.19. The molecule has 8 heteroatoms. The van der Waals surface area contributed by atoms with Crippen LogP contribution in [0.1, 0.15) is 64.3 Å². The summed E-state index contributed by atoms with van der Waals surface area (Å²) in [5, 5.41) is 10.3. The molecule has 180 valence electrons. The first-order valence-corrected chi connectivity index (χ1v) is 11.7. The Hall–Kier alpha value is -4.07. The second-order valence-electron chi connectivity index (χ2n) is 8.63. The molecule has 1 amide bonds. The highest BCUT2D eigenvalue weighted by molar-refractivity contribution is 5.94. The number of aryl methyl sites for hydroxylation is 3. The number of rotatable bonds is 8. The summed E-state index contributed by atoms with van der Waals surface area (Å²) < 4.78 is 5.49. The summed E-state index contributed by atoms with van der Waals surface area (Å²) >= 11 is 0. The lowest BCUT2D eigenvalue weighted by Gasteiger charge is -2.16. The minimum absolute atomic E-state index is 0.174. The van der Waals surface area contributed by atoms with Gasteiger partial charge in [-0.3, -0.25) is 14.9 Å². The average Bonchev–Trinajstić information content (AvgIpc) is 3.23. The Morgan fingerprint density at radius 2 is 1.83 bits per heavy atom. The predicted molar refractivity (Wildman–Crippen MR) is 134 cm³/mol. The first-order valence-electron chi connectivity index (χ1n) is 11.7. The zero-order valence-corrected chi connectivity index (χ0v) is 20.7. The lowest BCUT2D eigenvalue weighted by molar-refractivity contribution is 0.0934. The number of carbonyl (C=O) groups excluding carboxylic acids is 1. The van der Waals surface area contributed by atoms with Crippen molar-refractivity contribution in [3.63, 3.8) is 0 Å². The summed E-state index contributed by atoms with van der Waals surface area (Å²) in [6.07, 6.45) is 2.26. The lowest BCUT2D eigenvalue weighted by atomic mass is 10.1. The summed E-state index contributed by atoms with van der Waals surface area (Å²) in [4.78, 5) is 26.7.